The first-order valence-electron chi connectivity index (χ1n) is 11.9. The summed E-state index contributed by atoms with van der Waals surface area (Å²) in [7, 11) is 1.66. The van der Waals surface area contributed by atoms with E-state index < -0.39 is 6.10 Å². The monoisotopic (exact) mass is 453 g/mol. The Morgan fingerprint density at radius 1 is 1.06 bits per heavy atom. The highest BCUT2D eigenvalue weighted by Gasteiger charge is 2.42. The predicted molar refractivity (Wildman–Crippen MR) is 137 cm³/mol. The molecule has 2 bridgehead atoms. The Labute approximate surface area is 200 Å². The standard InChI is InChI=1S/C20H24N2O2.C9H7N/c1-3-13-12-22-9-7-14(13)10-19(22)20(23)16-6-8-21-18-5-4-15(24-2)11-17(16)18;1-2-6-9-8(4-1)5-3-7-10-9/h3-6,8,11,13-14,19-20,23H,1,7,9-10,12H2,2H3;1-7H/t13-,14-,19-,20+;/m0./s1. The maximum absolute atomic E-state index is 11.2. The lowest BCUT2D eigenvalue weighted by Gasteiger charge is -2.50. The van der Waals surface area contributed by atoms with Gasteiger partial charge in [0.25, 0.3) is 0 Å². The summed E-state index contributed by atoms with van der Waals surface area (Å²) >= 11 is 0. The minimum absolute atomic E-state index is 0.178. The number of fused-ring (bicyclic) bond motifs is 5. The zero-order valence-electron chi connectivity index (χ0n) is 19.5. The fraction of sp³-hybridized carbons (Fsp3) is 0.310. The largest absolute Gasteiger partial charge is 0.497 e. The molecule has 0 amide bonds. The summed E-state index contributed by atoms with van der Waals surface area (Å²) in [6.07, 6.45) is 7.43. The van der Waals surface area contributed by atoms with Crippen molar-refractivity contribution in [1.82, 2.24) is 14.9 Å². The Balaban J connectivity index is 0.000000200. The topological polar surface area (TPSA) is 58.5 Å². The van der Waals surface area contributed by atoms with Crippen molar-refractivity contribution in [2.75, 3.05) is 20.2 Å². The van der Waals surface area contributed by atoms with E-state index in [1.807, 2.05) is 54.7 Å². The van der Waals surface area contributed by atoms with E-state index in [9.17, 15) is 5.11 Å². The number of para-hydroxylation sites is 1. The van der Waals surface area contributed by atoms with Crippen molar-refractivity contribution in [2.24, 2.45) is 11.8 Å². The quantitative estimate of drug-likeness (QED) is 0.419. The zero-order valence-corrected chi connectivity index (χ0v) is 19.5. The van der Waals surface area contributed by atoms with Crippen LogP contribution in [0, 0.1) is 11.8 Å². The van der Waals surface area contributed by atoms with Crippen LogP contribution in [0.4, 0.5) is 0 Å². The van der Waals surface area contributed by atoms with Gasteiger partial charge in [0.1, 0.15) is 5.75 Å². The van der Waals surface area contributed by atoms with Gasteiger partial charge in [0.2, 0.25) is 0 Å². The second-order valence-corrected chi connectivity index (χ2v) is 9.17. The van der Waals surface area contributed by atoms with Crippen LogP contribution in [-0.4, -0.2) is 46.2 Å². The van der Waals surface area contributed by atoms with E-state index in [0.717, 1.165) is 47.2 Å². The van der Waals surface area contributed by atoms with Crippen molar-refractivity contribution in [2.45, 2.75) is 25.0 Å². The highest BCUT2D eigenvalue weighted by atomic mass is 16.5. The lowest BCUT2D eigenvalue weighted by Crippen LogP contribution is -2.54. The van der Waals surface area contributed by atoms with Gasteiger partial charge in [-0.15, -0.1) is 6.58 Å². The second-order valence-electron chi connectivity index (χ2n) is 9.17. The number of hydrogen-bond donors (Lipinski definition) is 1. The number of methoxy groups -OCH3 is 1. The van der Waals surface area contributed by atoms with Crippen LogP contribution in [0.2, 0.25) is 0 Å². The van der Waals surface area contributed by atoms with Gasteiger partial charge in [-0.05, 0) is 73.2 Å². The molecule has 34 heavy (non-hydrogen) atoms. The molecule has 1 N–H and O–H groups in total. The SMILES string of the molecule is C=C[C@H]1CN2CC[C@H]1C[C@H]2[C@H](O)c1ccnc2ccc(OC)cc12.c1ccc2ncccc2c1. The third-order valence-electron chi connectivity index (χ3n) is 7.33. The van der Waals surface area contributed by atoms with Crippen LogP contribution in [0.15, 0.2) is 85.7 Å². The first kappa shape index (κ1) is 22.5. The number of pyridine rings is 2. The molecule has 0 spiro atoms. The van der Waals surface area contributed by atoms with Crippen LogP contribution in [0.25, 0.3) is 21.8 Å². The summed E-state index contributed by atoms with van der Waals surface area (Å²) < 4.78 is 5.35. The van der Waals surface area contributed by atoms with Crippen LogP contribution in [-0.2, 0) is 0 Å². The van der Waals surface area contributed by atoms with Gasteiger partial charge in [0.15, 0.2) is 0 Å². The average molecular weight is 454 g/mol. The third-order valence-corrected chi connectivity index (χ3v) is 7.33. The number of aliphatic hydroxyl groups excluding tert-OH is 1. The molecule has 3 aliphatic heterocycles. The zero-order chi connectivity index (χ0) is 23.5. The van der Waals surface area contributed by atoms with Gasteiger partial charge < -0.3 is 9.84 Å². The molecule has 3 saturated heterocycles. The molecule has 5 atom stereocenters. The molecule has 5 heterocycles. The summed E-state index contributed by atoms with van der Waals surface area (Å²) in [5.74, 6) is 2.01. The first-order chi connectivity index (χ1) is 16.7. The molecule has 0 aliphatic carbocycles. The average Bonchev–Trinajstić information content (AvgIpc) is 2.92. The number of piperidine rings is 3. The summed E-state index contributed by atoms with van der Waals surface area (Å²) in [6, 6.07) is 20.0. The molecule has 3 aliphatic rings. The van der Waals surface area contributed by atoms with Crippen LogP contribution in [0.5, 0.6) is 5.75 Å². The molecular formula is C29H31N3O2. The molecule has 2 aromatic heterocycles. The van der Waals surface area contributed by atoms with E-state index >= 15 is 0 Å². The van der Waals surface area contributed by atoms with Gasteiger partial charge in [0, 0.05) is 35.8 Å². The molecule has 0 radical (unpaired) electrons. The van der Waals surface area contributed by atoms with Crippen LogP contribution in [0.1, 0.15) is 24.5 Å². The maximum atomic E-state index is 11.2. The Kier molecular flexibility index (Phi) is 6.57. The van der Waals surface area contributed by atoms with E-state index in [-0.39, 0.29) is 6.04 Å². The summed E-state index contributed by atoms with van der Waals surface area (Å²) in [6.45, 7) is 6.07. The van der Waals surface area contributed by atoms with E-state index in [1.165, 1.54) is 11.8 Å². The smallest absolute Gasteiger partial charge is 0.119 e. The predicted octanol–water partition coefficient (Wildman–Crippen LogP) is 5.41. The number of ether oxygens (including phenoxy) is 1. The number of benzene rings is 2. The summed E-state index contributed by atoms with van der Waals surface area (Å²) in [5, 5.41) is 13.3. The minimum atomic E-state index is -0.504. The number of rotatable bonds is 4. The van der Waals surface area contributed by atoms with Gasteiger partial charge in [-0.3, -0.25) is 14.9 Å². The normalized spacial score (nSPS) is 24.3. The van der Waals surface area contributed by atoms with Crippen molar-refractivity contribution in [1.29, 1.82) is 0 Å². The van der Waals surface area contributed by atoms with E-state index in [4.69, 9.17) is 4.74 Å². The lowest BCUT2D eigenvalue weighted by molar-refractivity contribution is -0.0444. The number of aromatic nitrogens is 2. The molecule has 4 aromatic rings. The number of nitrogens with zero attached hydrogens (tertiary/aromatic N) is 3. The molecule has 7 rings (SSSR count). The Bertz CT molecular complexity index is 1230. The summed E-state index contributed by atoms with van der Waals surface area (Å²) in [4.78, 5) is 11.0. The number of hydrogen-bond acceptors (Lipinski definition) is 5. The molecular weight excluding hydrogens is 422 g/mol. The fourth-order valence-electron chi connectivity index (χ4n) is 5.46. The van der Waals surface area contributed by atoms with Gasteiger partial charge in [-0.25, -0.2) is 0 Å². The minimum Gasteiger partial charge on any atom is -0.497 e. The van der Waals surface area contributed by atoms with Crippen LogP contribution in [0.3, 0.4) is 0 Å². The van der Waals surface area contributed by atoms with Crippen molar-refractivity contribution >= 4 is 21.8 Å². The van der Waals surface area contributed by atoms with Gasteiger partial charge in [0.05, 0.1) is 24.2 Å². The molecule has 1 unspecified atom stereocenters. The lowest BCUT2D eigenvalue weighted by atomic mass is 9.73. The van der Waals surface area contributed by atoms with E-state index in [1.54, 1.807) is 13.3 Å². The summed E-state index contributed by atoms with van der Waals surface area (Å²) in [5.41, 5.74) is 2.91. The molecule has 5 heteroatoms. The highest BCUT2D eigenvalue weighted by Crippen LogP contribution is 2.42. The van der Waals surface area contributed by atoms with Gasteiger partial charge in [-0.2, -0.15) is 0 Å². The highest BCUT2D eigenvalue weighted by molar-refractivity contribution is 5.84. The van der Waals surface area contributed by atoms with Crippen LogP contribution < -0.4 is 4.74 Å². The fourth-order valence-corrected chi connectivity index (χ4v) is 5.46. The Morgan fingerprint density at radius 3 is 2.65 bits per heavy atom. The molecule has 174 valence electrons. The molecule has 3 fully saturated rings. The van der Waals surface area contributed by atoms with Crippen LogP contribution >= 0.6 is 0 Å². The third kappa shape index (κ3) is 4.41. The van der Waals surface area contributed by atoms with E-state index in [2.05, 4.69) is 39.7 Å². The van der Waals surface area contributed by atoms with Crippen molar-refractivity contribution in [3.8, 4) is 5.75 Å². The Morgan fingerprint density at radius 2 is 1.88 bits per heavy atom. The van der Waals surface area contributed by atoms with Gasteiger partial charge >= 0.3 is 0 Å². The first-order valence-corrected chi connectivity index (χ1v) is 11.9. The maximum Gasteiger partial charge on any atom is 0.119 e. The van der Waals surface area contributed by atoms with E-state index in [0.29, 0.717) is 11.8 Å². The molecule has 2 aromatic carbocycles. The molecule has 5 nitrogen and oxygen atoms in total. The van der Waals surface area contributed by atoms with Gasteiger partial charge in [-0.1, -0.05) is 30.3 Å². The second kappa shape index (κ2) is 9.92. The molecule has 0 saturated carbocycles. The van der Waals surface area contributed by atoms with Crippen molar-refractivity contribution < 1.29 is 9.84 Å². The van der Waals surface area contributed by atoms with Crippen molar-refractivity contribution in [3.63, 3.8) is 0 Å². The Hall–Kier alpha value is -3.28. The number of aliphatic hydroxyl groups is 1. The van der Waals surface area contributed by atoms with Crippen molar-refractivity contribution in [3.05, 3.63) is 91.3 Å².